The normalized spacial score (nSPS) is 10.4. The molecule has 0 aliphatic carbocycles. The minimum Gasteiger partial charge on any atom is -0.265 e. The van der Waals surface area contributed by atoms with Crippen molar-refractivity contribution in [1.29, 1.82) is 0 Å². The summed E-state index contributed by atoms with van der Waals surface area (Å²) in [5.41, 5.74) is 3.55. The van der Waals surface area contributed by atoms with Crippen molar-refractivity contribution in [3.05, 3.63) is 60.4 Å². The topological polar surface area (TPSA) is 25.8 Å². The van der Waals surface area contributed by atoms with Crippen LogP contribution in [0.3, 0.4) is 0 Å². The quantitative estimate of drug-likeness (QED) is 0.677. The Kier molecular flexibility index (Phi) is 2.68. The number of hydrogen-bond donors (Lipinski definition) is 0. The van der Waals surface area contributed by atoms with Gasteiger partial charge in [-0.25, -0.2) is 4.98 Å². The highest BCUT2D eigenvalue weighted by atomic mass is 32.1. The maximum atomic E-state index is 4.38. The van der Waals surface area contributed by atoms with Crippen LogP contribution in [-0.4, -0.2) is 9.97 Å². The van der Waals surface area contributed by atoms with Crippen molar-refractivity contribution in [2.24, 2.45) is 0 Å². The molecule has 0 bridgehead atoms. The highest BCUT2D eigenvalue weighted by Crippen LogP contribution is 2.32. The second-order valence-electron chi connectivity index (χ2n) is 3.62. The van der Waals surface area contributed by atoms with E-state index in [2.05, 4.69) is 22.1 Å². The smallest absolute Gasteiger partial charge is 0.123 e. The first-order chi connectivity index (χ1) is 8.45. The first kappa shape index (κ1) is 10.2. The van der Waals surface area contributed by atoms with Gasteiger partial charge in [0.1, 0.15) is 5.01 Å². The third-order valence-electron chi connectivity index (χ3n) is 2.58. The summed E-state index contributed by atoms with van der Waals surface area (Å²) in [6.07, 6.45) is 5.46. The van der Waals surface area contributed by atoms with Gasteiger partial charge in [-0.05, 0) is 23.3 Å². The molecule has 0 atom stereocenters. The van der Waals surface area contributed by atoms with Gasteiger partial charge in [0.15, 0.2) is 0 Å². The van der Waals surface area contributed by atoms with Crippen molar-refractivity contribution in [2.75, 3.05) is 0 Å². The minimum atomic E-state index is 1.05. The minimum absolute atomic E-state index is 1.05. The standard InChI is InChI=1S/C14H10N2S/c1-2-4-13(14-16-9-10-17-14)12(3-1)11-5-7-15-8-6-11/h1-10H. The SMILES string of the molecule is c1ccc(-c2nccs2)c(-c2ccncc2)c1. The molecule has 17 heavy (non-hydrogen) atoms. The number of thiazole rings is 1. The summed E-state index contributed by atoms with van der Waals surface area (Å²) in [5.74, 6) is 0. The summed E-state index contributed by atoms with van der Waals surface area (Å²) in [4.78, 5) is 8.43. The molecule has 3 aromatic rings. The molecule has 0 N–H and O–H groups in total. The van der Waals surface area contributed by atoms with Crippen LogP contribution < -0.4 is 0 Å². The average molecular weight is 238 g/mol. The lowest BCUT2D eigenvalue weighted by atomic mass is 10.0. The molecule has 2 heterocycles. The number of rotatable bonds is 2. The number of hydrogen-bond acceptors (Lipinski definition) is 3. The van der Waals surface area contributed by atoms with Crippen molar-refractivity contribution in [1.82, 2.24) is 9.97 Å². The van der Waals surface area contributed by atoms with Gasteiger partial charge in [-0.15, -0.1) is 11.3 Å². The van der Waals surface area contributed by atoms with Crippen molar-refractivity contribution < 1.29 is 0 Å². The van der Waals surface area contributed by atoms with Crippen LogP contribution in [0.25, 0.3) is 21.7 Å². The Balaban J connectivity index is 2.18. The first-order valence-electron chi connectivity index (χ1n) is 5.34. The average Bonchev–Trinajstić information content (AvgIpc) is 2.94. The van der Waals surface area contributed by atoms with Crippen LogP contribution in [0.4, 0.5) is 0 Å². The molecular weight excluding hydrogens is 228 g/mol. The molecule has 0 aliphatic rings. The molecule has 2 nitrogen and oxygen atoms in total. The number of aromatic nitrogens is 2. The van der Waals surface area contributed by atoms with Crippen LogP contribution in [0.5, 0.6) is 0 Å². The number of benzene rings is 1. The summed E-state index contributed by atoms with van der Waals surface area (Å²) in [5, 5.41) is 3.05. The monoisotopic (exact) mass is 238 g/mol. The summed E-state index contributed by atoms with van der Waals surface area (Å²) < 4.78 is 0. The molecule has 0 saturated carbocycles. The zero-order chi connectivity index (χ0) is 11.5. The van der Waals surface area contributed by atoms with Crippen LogP contribution >= 0.6 is 11.3 Å². The van der Waals surface area contributed by atoms with E-state index in [1.54, 1.807) is 11.3 Å². The number of pyridine rings is 1. The lowest BCUT2D eigenvalue weighted by Gasteiger charge is -2.06. The molecule has 0 fully saturated rings. The Bertz CT molecular complexity index is 603. The fourth-order valence-electron chi connectivity index (χ4n) is 1.81. The van der Waals surface area contributed by atoms with Crippen molar-refractivity contribution in [3.63, 3.8) is 0 Å². The van der Waals surface area contributed by atoms with E-state index in [-0.39, 0.29) is 0 Å². The maximum Gasteiger partial charge on any atom is 0.123 e. The summed E-state index contributed by atoms with van der Waals surface area (Å²) in [6.45, 7) is 0. The maximum absolute atomic E-state index is 4.38. The van der Waals surface area contributed by atoms with Crippen LogP contribution in [0.15, 0.2) is 60.4 Å². The molecule has 1 aromatic carbocycles. The van der Waals surface area contributed by atoms with Crippen LogP contribution in [0, 0.1) is 0 Å². The fraction of sp³-hybridized carbons (Fsp3) is 0. The van der Waals surface area contributed by atoms with Crippen LogP contribution in [0.2, 0.25) is 0 Å². The molecule has 0 spiro atoms. The molecule has 0 aliphatic heterocycles. The van der Waals surface area contributed by atoms with E-state index in [0.29, 0.717) is 0 Å². The Morgan fingerprint density at radius 3 is 2.29 bits per heavy atom. The third kappa shape index (κ3) is 1.97. The second-order valence-corrected chi connectivity index (χ2v) is 4.51. The van der Waals surface area contributed by atoms with Crippen molar-refractivity contribution in [2.45, 2.75) is 0 Å². The van der Waals surface area contributed by atoms with Crippen LogP contribution in [-0.2, 0) is 0 Å². The van der Waals surface area contributed by atoms with Gasteiger partial charge in [-0.2, -0.15) is 0 Å². The van der Waals surface area contributed by atoms with Gasteiger partial charge in [0.05, 0.1) is 0 Å². The summed E-state index contributed by atoms with van der Waals surface area (Å²) in [6, 6.07) is 12.4. The van der Waals surface area contributed by atoms with Gasteiger partial charge < -0.3 is 0 Å². The Labute approximate surface area is 104 Å². The Hall–Kier alpha value is -2.00. The van der Waals surface area contributed by atoms with Gasteiger partial charge in [0.25, 0.3) is 0 Å². The Morgan fingerprint density at radius 1 is 0.824 bits per heavy atom. The molecule has 82 valence electrons. The fourth-order valence-corrected chi connectivity index (χ4v) is 2.49. The highest BCUT2D eigenvalue weighted by molar-refractivity contribution is 7.13. The Morgan fingerprint density at radius 2 is 1.59 bits per heavy atom. The van der Waals surface area contributed by atoms with E-state index in [1.165, 1.54) is 16.7 Å². The molecule has 2 aromatic heterocycles. The van der Waals surface area contributed by atoms with Crippen molar-refractivity contribution >= 4 is 11.3 Å². The van der Waals surface area contributed by atoms with Gasteiger partial charge in [-0.3, -0.25) is 4.98 Å². The molecular formula is C14H10N2S. The zero-order valence-electron chi connectivity index (χ0n) is 9.08. The number of nitrogens with zero attached hydrogens (tertiary/aromatic N) is 2. The van der Waals surface area contributed by atoms with Crippen molar-refractivity contribution in [3.8, 4) is 21.7 Å². The molecule has 0 amide bonds. The highest BCUT2D eigenvalue weighted by Gasteiger charge is 2.07. The van der Waals surface area contributed by atoms with Gasteiger partial charge in [0.2, 0.25) is 0 Å². The lowest BCUT2D eigenvalue weighted by Crippen LogP contribution is -1.84. The van der Waals surface area contributed by atoms with E-state index >= 15 is 0 Å². The van der Waals surface area contributed by atoms with E-state index in [0.717, 1.165) is 5.01 Å². The van der Waals surface area contributed by atoms with Gasteiger partial charge >= 0.3 is 0 Å². The van der Waals surface area contributed by atoms with E-state index in [4.69, 9.17) is 0 Å². The van der Waals surface area contributed by atoms with Gasteiger partial charge in [-0.1, -0.05) is 24.3 Å². The molecule has 3 heteroatoms. The zero-order valence-corrected chi connectivity index (χ0v) is 9.89. The second kappa shape index (κ2) is 4.47. The van der Waals surface area contributed by atoms with E-state index in [9.17, 15) is 0 Å². The summed E-state index contributed by atoms with van der Waals surface area (Å²) >= 11 is 1.66. The molecule has 0 radical (unpaired) electrons. The van der Waals surface area contributed by atoms with Crippen LogP contribution in [0.1, 0.15) is 0 Å². The predicted molar refractivity (Wildman–Crippen MR) is 70.8 cm³/mol. The third-order valence-corrected chi connectivity index (χ3v) is 3.39. The largest absolute Gasteiger partial charge is 0.265 e. The molecule has 0 saturated heterocycles. The van der Waals surface area contributed by atoms with E-state index in [1.807, 2.05) is 48.2 Å². The summed E-state index contributed by atoms with van der Waals surface area (Å²) in [7, 11) is 0. The predicted octanol–water partition coefficient (Wildman–Crippen LogP) is 3.87. The van der Waals surface area contributed by atoms with E-state index < -0.39 is 0 Å². The molecule has 3 rings (SSSR count). The first-order valence-corrected chi connectivity index (χ1v) is 6.22. The molecule has 0 unspecified atom stereocenters. The lowest BCUT2D eigenvalue weighted by molar-refractivity contribution is 1.33. The van der Waals surface area contributed by atoms with Gasteiger partial charge in [0, 0.05) is 29.5 Å².